The van der Waals surface area contributed by atoms with Crippen LogP contribution in [0.3, 0.4) is 0 Å². The molecule has 0 bridgehead atoms. The first-order valence-corrected chi connectivity index (χ1v) is 11.2. The molecule has 0 aliphatic rings. The van der Waals surface area contributed by atoms with E-state index in [2.05, 4.69) is 8.92 Å². The predicted octanol–water partition coefficient (Wildman–Crippen LogP) is 5.11. The summed E-state index contributed by atoms with van der Waals surface area (Å²) >= 11 is 0. The largest absolute Gasteiger partial charge is 0.497 e. The van der Waals surface area contributed by atoms with E-state index in [-0.39, 0.29) is 25.9 Å². The molecular formula is C19H21F9O6S. The molecule has 0 aromatic heterocycles. The number of benzene rings is 1. The zero-order chi connectivity index (χ0) is 27.3. The average molecular weight is 548 g/mol. The van der Waals surface area contributed by atoms with Gasteiger partial charge in [-0.3, -0.25) is 4.18 Å². The number of hydrogen-bond acceptors (Lipinski definition) is 6. The van der Waals surface area contributed by atoms with Gasteiger partial charge in [-0.2, -0.15) is 47.9 Å². The van der Waals surface area contributed by atoms with E-state index < -0.39 is 51.9 Å². The van der Waals surface area contributed by atoms with E-state index in [1.54, 1.807) is 12.1 Å². The van der Waals surface area contributed by atoms with Crippen molar-refractivity contribution >= 4 is 16.1 Å². The lowest BCUT2D eigenvalue weighted by atomic mass is 10.1. The van der Waals surface area contributed by atoms with Crippen LogP contribution in [0, 0.1) is 0 Å². The number of aryl methyl sites for hydroxylation is 1. The van der Waals surface area contributed by atoms with Gasteiger partial charge in [0.25, 0.3) is 0 Å². The fourth-order valence-corrected chi connectivity index (χ4v) is 3.56. The SMILES string of the molecule is CCCOC(=O)C(CCCc1ccc(OC)cc1)OS(=O)(=O)C(F)(F)C(F)(F)C(F)(F)C(F)(F)F. The summed E-state index contributed by atoms with van der Waals surface area (Å²) in [6.07, 6.45) is -10.5. The Morgan fingerprint density at radius 1 is 0.943 bits per heavy atom. The maximum absolute atomic E-state index is 13.9. The molecule has 16 heteroatoms. The molecular weight excluding hydrogens is 527 g/mol. The number of alkyl halides is 9. The third-order valence-corrected chi connectivity index (χ3v) is 5.84. The van der Waals surface area contributed by atoms with Crippen LogP contribution < -0.4 is 4.74 Å². The predicted molar refractivity (Wildman–Crippen MR) is 102 cm³/mol. The summed E-state index contributed by atoms with van der Waals surface area (Å²) in [5.41, 5.74) is 0.580. The Balaban J connectivity index is 3.15. The fourth-order valence-electron chi connectivity index (χ4n) is 2.52. The van der Waals surface area contributed by atoms with Crippen LogP contribution in [-0.4, -0.2) is 57.5 Å². The summed E-state index contributed by atoms with van der Waals surface area (Å²) in [5.74, 6) is -16.1. The number of rotatable bonds is 13. The first-order chi connectivity index (χ1) is 15.9. The molecule has 1 aromatic carbocycles. The van der Waals surface area contributed by atoms with Gasteiger partial charge in [0.2, 0.25) is 0 Å². The molecule has 0 saturated heterocycles. The summed E-state index contributed by atoms with van der Waals surface area (Å²) < 4.78 is 155. The van der Waals surface area contributed by atoms with Gasteiger partial charge in [0.1, 0.15) is 5.75 Å². The van der Waals surface area contributed by atoms with E-state index in [0.717, 1.165) is 0 Å². The van der Waals surface area contributed by atoms with Crippen LogP contribution in [0.4, 0.5) is 39.5 Å². The van der Waals surface area contributed by atoms with E-state index in [9.17, 15) is 52.7 Å². The normalized spacial score (nSPS) is 14.5. The summed E-state index contributed by atoms with van der Waals surface area (Å²) in [4.78, 5) is 12.0. The quantitative estimate of drug-likeness (QED) is 0.194. The second-order valence-electron chi connectivity index (χ2n) is 7.11. The highest BCUT2D eigenvalue weighted by Crippen LogP contribution is 2.55. The van der Waals surface area contributed by atoms with Gasteiger partial charge < -0.3 is 9.47 Å². The molecule has 0 saturated carbocycles. The number of ether oxygens (including phenoxy) is 2. The third-order valence-electron chi connectivity index (χ3n) is 4.47. The minimum atomic E-state index is -7.47. The van der Waals surface area contributed by atoms with Crippen molar-refractivity contribution in [2.75, 3.05) is 13.7 Å². The monoisotopic (exact) mass is 548 g/mol. The number of esters is 1. The standard InChI is InChI=1S/C19H21F9O6S/c1-3-11-33-15(29)14(6-4-5-12-7-9-13(32-2)10-8-12)34-35(30,31)19(27,28)17(22,23)16(20,21)18(24,25)26/h7-10,14H,3-6,11H2,1-2H3. The van der Waals surface area contributed by atoms with Gasteiger partial charge in [0.15, 0.2) is 6.10 Å². The van der Waals surface area contributed by atoms with Crippen LogP contribution in [0.1, 0.15) is 31.7 Å². The Bertz CT molecular complexity index is 947. The van der Waals surface area contributed by atoms with Crippen molar-refractivity contribution in [3.8, 4) is 5.75 Å². The summed E-state index contributed by atoms with van der Waals surface area (Å²) in [6, 6.07) is 6.17. The van der Waals surface area contributed by atoms with Gasteiger partial charge in [0.05, 0.1) is 13.7 Å². The van der Waals surface area contributed by atoms with Crippen LogP contribution >= 0.6 is 0 Å². The van der Waals surface area contributed by atoms with Crippen molar-refractivity contribution in [2.45, 2.75) is 62.0 Å². The van der Waals surface area contributed by atoms with E-state index >= 15 is 0 Å². The second kappa shape index (κ2) is 11.2. The average Bonchev–Trinajstić information content (AvgIpc) is 2.75. The smallest absolute Gasteiger partial charge is 0.460 e. The molecule has 1 unspecified atom stereocenters. The van der Waals surface area contributed by atoms with E-state index in [0.29, 0.717) is 11.3 Å². The maximum Gasteiger partial charge on any atom is 0.460 e. The molecule has 0 radical (unpaired) electrons. The Labute approximate surface area is 194 Å². The van der Waals surface area contributed by atoms with Crippen LogP contribution in [0.15, 0.2) is 24.3 Å². The molecule has 0 spiro atoms. The minimum absolute atomic E-state index is 0.0731. The molecule has 35 heavy (non-hydrogen) atoms. The first kappa shape index (κ1) is 30.8. The van der Waals surface area contributed by atoms with Crippen molar-refractivity contribution < 1.29 is 66.4 Å². The van der Waals surface area contributed by atoms with E-state index in [4.69, 9.17) is 4.74 Å². The maximum atomic E-state index is 13.9. The molecule has 6 nitrogen and oxygen atoms in total. The van der Waals surface area contributed by atoms with Crippen molar-refractivity contribution in [3.05, 3.63) is 29.8 Å². The van der Waals surface area contributed by atoms with Crippen molar-refractivity contribution in [1.29, 1.82) is 0 Å². The zero-order valence-electron chi connectivity index (χ0n) is 18.2. The van der Waals surface area contributed by atoms with E-state index in [1.165, 1.54) is 26.2 Å². The van der Waals surface area contributed by atoms with Gasteiger partial charge in [-0.1, -0.05) is 19.1 Å². The number of methoxy groups -OCH3 is 1. The molecule has 0 heterocycles. The first-order valence-electron chi connectivity index (χ1n) is 9.78. The van der Waals surface area contributed by atoms with Crippen LogP contribution in [0.25, 0.3) is 0 Å². The van der Waals surface area contributed by atoms with Gasteiger partial charge >= 0.3 is 39.4 Å². The zero-order valence-corrected chi connectivity index (χ0v) is 19.0. The number of hydrogen-bond donors (Lipinski definition) is 0. The van der Waals surface area contributed by atoms with Crippen molar-refractivity contribution in [3.63, 3.8) is 0 Å². The van der Waals surface area contributed by atoms with Crippen molar-refractivity contribution in [2.24, 2.45) is 0 Å². The molecule has 0 N–H and O–H groups in total. The van der Waals surface area contributed by atoms with Crippen molar-refractivity contribution in [1.82, 2.24) is 0 Å². The van der Waals surface area contributed by atoms with Gasteiger partial charge in [-0.15, -0.1) is 0 Å². The Morgan fingerprint density at radius 2 is 1.49 bits per heavy atom. The highest BCUT2D eigenvalue weighted by Gasteiger charge is 2.86. The number of carbonyl (C=O) groups is 1. The Hall–Kier alpha value is -2.23. The molecule has 0 aliphatic heterocycles. The minimum Gasteiger partial charge on any atom is -0.497 e. The van der Waals surface area contributed by atoms with Gasteiger partial charge in [-0.05, 0) is 43.4 Å². The molecule has 202 valence electrons. The lowest BCUT2D eigenvalue weighted by molar-refractivity contribution is -0.382. The molecule has 1 aromatic rings. The van der Waals surface area contributed by atoms with Crippen LogP contribution in [0.5, 0.6) is 5.75 Å². The highest BCUT2D eigenvalue weighted by atomic mass is 32.2. The molecule has 1 atom stereocenters. The van der Waals surface area contributed by atoms with Gasteiger partial charge in [-0.25, -0.2) is 4.79 Å². The molecule has 0 fully saturated rings. The topological polar surface area (TPSA) is 78.9 Å². The highest BCUT2D eigenvalue weighted by molar-refractivity contribution is 7.87. The fraction of sp³-hybridized carbons (Fsp3) is 0.632. The Morgan fingerprint density at radius 3 is 1.94 bits per heavy atom. The lowest BCUT2D eigenvalue weighted by Gasteiger charge is -2.33. The summed E-state index contributed by atoms with van der Waals surface area (Å²) in [7, 11) is -5.82. The molecule has 1 rings (SSSR count). The lowest BCUT2D eigenvalue weighted by Crippen LogP contribution is -2.63. The van der Waals surface area contributed by atoms with Crippen LogP contribution in [0.2, 0.25) is 0 Å². The third kappa shape index (κ3) is 6.71. The van der Waals surface area contributed by atoms with E-state index in [1.807, 2.05) is 0 Å². The summed E-state index contributed by atoms with van der Waals surface area (Å²) in [5, 5.41) is -7.07. The number of carbonyl (C=O) groups excluding carboxylic acids is 1. The summed E-state index contributed by atoms with van der Waals surface area (Å²) in [6.45, 7) is 1.10. The van der Waals surface area contributed by atoms with Gasteiger partial charge in [0, 0.05) is 0 Å². The Kier molecular flexibility index (Phi) is 9.88. The second-order valence-corrected chi connectivity index (χ2v) is 8.72. The number of halogens is 9. The van der Waals surface area contributed by atoms with Crippen LogP contribution in [-0.2, 0) is 30.3 Å². The molecule has 0 aliphatic carbocycles. The molecule has 0 amide bonds.